The number of alkyl halides is 3. The van der Waals surface area contributed by atoms with Gasteiger partial charge in [0.25, 0.3) is 0 Å². The molecule has 0 saturated carbocycles. The molecule has 0 unspecified atom stereocenters. The first-order valence-corrected chi connectivity index (χ1v) is 11.0. The van der Waals surface area contributed by atoms with Crippen LogP contribution in [0.2, 0.25) is 0 Å². The molecule has 0 spiro atoms. The van der Waals surface area contributed by atoms with E-state index < -0.39 is 61.3 Å². The third-order valence-corrected chi connectivity index (χ3v) is 5.68. The lowest BCUT2D eigenvalue weighted by molar-refractivity contribution is -0.275. The van der Waals surface area contributed by atoms with E-state index in [-0.39, 0.29) is 5.69 Å². The number of primary sulfonamides is 1. The van der Waals surface area contributed by atoms with E-state index >= 15 is 0 Å². The van der Waals surface area contributed by atoms with E-state index in [1.807, 2.05) is 22.6 Å². The second-order valence-corrected chi connectivity index (χ2v) is 9.03. The maximum Gasteiger partial charge on any atom is 0.573 e. The van der Waals surface area contributed by atoms with E-state index in [1.54, 1.807) is 0 Å². The van der Waals surface area contributed by atoms with Crippen molar-refractivity contribution in [3.05, 3.63) is 69.6 Å². The largest absolute Gasteiger partial charge is 0.573 e. The predicted molar refractivity (Wildman–Crippen MR) is 112 cm³/mol. The van der Waals surface area contributed by atoms with Crippen molar-refractivity contribution in [2.75, 3.05) is 5.32 Å². The molecule has 3 rings (SSSR count). The fourth-order valence-electron chi connectivity index (χ4n) is 2.80. The number of benzene rings is 3. The molecule has 0 aliphatic carbocycles. The maximum atomic E-state index is 14.7. The summed E-state index contributed by atoms with van der Waals surface area (Å²) in [6.07, 6.45) is -5.34. The lowest BCUT2D eigenvalue weighted by Gasteiger charge is -2.19. The summed E-state index contributed by atoms with van der Waals surface area (Å²) < 4.78 is 110. The zero-order chi connectivity index (χ0) is 23.8. The van der Waals surface area contributed by atoms with E-state index in [2.05, 4.69) is 10.1 Å². The number of ether oxygens (including phenoxy) is 1. The normalized spacial score (nSPS) is 12.0. The fourth-order valence-corrected chi connectivity index (χ4v) is 3.93. The molecular weight excluding hydrogens is 577 g/mol. The molecule has 0 aromatic heterocycles. The van der Waals surface area contributed by atoms with Gasteiger partial charge in [-0.25, -0.2) is 26.7 Å². The minimum absolute atomic E-state index is 0.308. The summed E-state index contributed by atoms with van der Waals surface area (Å²) >= 11 is 1.82. The highest BCUT2D eigenvalue weighted by Crippen LogP contribution is 2.43. The molecule has 0 saturated heterocycles. The number of nitrogens with two attached hydrogens (primary N) is 1. The Kier molecular flexibility index (Phi) is 6.62. The van der Waals surface area contributed by atoms with Gasteiger partial charge in [-0.2, -0.15) is 0 Å². The van der Waals surface area contributed by atoms with Crippen LogP contribution in [0, 0.1) is 21.0 Å². The maximum absolute atomic E-state index is 14.7. The van der Waals surface area contributed by atoms with Gasteiger partial charge in [-0.15, -0.1) is 13.2 Å². The average molecular weight is 588 g/mol. The Morgan fingerprint density at radius 2 is 1.62 bits per heavy atom. The SMILES string of the molecule is NS(=O)(=O)c1cccc(-c2ccc(F)c(F)c2Nc2ccc(I)cc2F)c1OC(F)(F)F. The van der Waals surface area contributed by atoms with Gasteiger partial charge in [-0.3, -0.25) is 0 Å². The summed E-state index contributed by atoms with van der Waals surface area (Å²) in [7, 11) is -4.71. The van der Waals surface area contributed by atoms with E-state index in [0.29, 0.717) is 9.64 Å². The summed E-state index contributed by atoms with van der Waals surface area (Å²) in [6.45, 7) is 0. The fraction of sp³-hybridized carbons (Fsp3) is 0.0526. The van der Waals surface area contributed by atoms with Crippen LogP contribution in [0.1, 0.15) is 0 Å². The summed E-state index contributed by atoms with van der Waals surface area (Å²) in [5.74, 6) is -5.03. The molecule has 0 aliphatic rings. The van der Waals surface area contributed by atoms with E-state index in [9.17, 15) is 34.8 Å². The van der Waals surface area contributed by atoms with E-state index in [0.717, 1.165) is 30.3 Å². The van der Waals surface area contributed by atoms with Crippen LogP contribution in [0.3, 0.4) is 0 Å². The molecule has 0 aliphatic heterocycles. The zero-order valence-electron chi connectivity index (χ0n) is 15.5. The minimum atomic E-state index is -5.34. The van der Waals surface area contributed by atoms with Crippen molar-refractivity contribution in [3.63, 3.8) is 0 Å². The van der Waals surface area contributed by atoms with Crippen LogP contribution in [0.15, 0.2) is 53.4 Å². The Morgan fingerprint density at radius 3 is 2.22 bits per heavy atom. The Labute approximate surface area is 191 Å². The van der Waals surface area contributed by atoms with Gasteiger partial charge in [-0.1, -0.05) is 12.1 Å². The Balaban J connectivity index is 2.30. The first kappa shape index (κ1) is 24.1. The van der Waals surface area contributed by atoms with Crippen molar-refractivity contribution >= 4 is 44.0 Å². The molecule has 0 fully saturated rings. The highest BCUT2D eigenvalue weighted by atomic mass is 127. The Hall–Kier alpha value is -2.52. The quantitative estimate of drug-likeness (QED) is 0.298. The van der Waals surface area contributed by atoms with Crippen LogP contribution in [0.4, 0.5) is 37.7 Å². The smallest absolute Gasteiger partial charge is 0.404 e. The number of hydrogen-bond donors (Lipinski definition) is 2. The highest BCUT2D eigenvalue weighted by molar-refractivity contribution is 14.1. The Morgan fingerprint density at radius 1 is 0.938 bits per heavy atom. The second-order valence-electron chi connectivity index (χ2n) is 6.26. The number of anilines is 2. The molecular formula is C19H11F6IN2O3S. The molecule has 0 heterocycles. The zero-order valence-corrected chi connectivity index (χ0v) is 18.4. The molecule has 0 radical (unpaired) electrons. The lowest BCUT2D eigenvalue weighted by Crippen LogP contribution is -2.21. The first-order valence-electron chi connectivity index (χ1n) is 8.40. The Bertz CT molecular complexity index is 1300. The molecule has 32 heavy (non-hydrogen) atoms. The standard InChI is InChI=1S/C19H11F6IN2O3S/c20-12-6-5-10(17(16(12)22)28-14-7-4-9(26)8-13(14)21)11-2-1-3-15(32(27,29)30)18(11)31-19(23,24)25/h1-8,28H,(H2,27,29,30). The monoisotopic (exact) mass is 588 g/mol. The number of hydrogen-bond acceptors (Lipinski definition) is 4. The third kappa shape index (κ3) is 5.27. The van der Waals surface area contributed by atoms with Gasteiger partial charge in [0, 0.05) is 14.7 Å². The highest BCUT2D eigenvalue weighted by Gasteiger charge is 2.36. The molecule has 13 heteroatoms. The first-order chi connectivity index (χ1) is 14.8. The van der Waals surface area contributed by atoms with Crippen LogP contribution in [0.5, 0.6) is 5.75 Å². The molecule has 170 valence electrons. The van der Waals surface area contributed by atoms with Crippen LogP contribution < -0.4 is 15.2 Å². The average Bonchev–Trinajstić information content (AvgIpc) is 2.66. The second kappa shape index (κ2) is 8.78. The van der Waals surface area contributed by atoms with E-state index in [4.69, 9.17) is 5.14 Å². The van der Waals surface area contributed by atoms with Crippen molar-refractivity contribution in [2.24, 2.45) is 5.14 Å². The van der Waals surface area contributed by atoms with Gasteiger partial charge in [-0.05, 0) is 59.0 Å². The van der Waals surface area contributed by atoms with Crippen molar-refractivity contribution < 1.29 is 39.5 Å². The minimum Gasteiger partial charge on any atom is -0.404 e. The van der Waals surface area contributed by atoms with Gasteiger partial charge in [0.15, 0.2) is 17.4 Å². The van der Waals surface area contributed by atoms with Crippen molar-refractivity contribution in [3.8, 4) is 16.9 Å². The number of rotatable bonds is 5. The number of nitrogens with one attached hydrogen (secondary N) is 1. The van der Waals surface area contributed by atoms with Crippen LogP contribution in [0.25, 0.3) is 11.1 Å². The lowest BCUT2D eigenvalue weighted by atomic mass is 10.0. The molecule has 3 aromatic rings. The molecule has 0 amide bonds. The van der Waals surface area contributed by atoms with Gasteiger partial charge in [0.1, 0.15) is 10.7 Å². The molecule has 3 aromatic carbocycles. The van der Waals surface area contributed by atoms with Crippen molar-refractivity contribution in [1.82, 2.24) is 0 Å². The topological polar surface area (TPSA) is 81.4 Å². The number of sulfonamides is 1. The third-order valence-electron chi connectivity index (χ3n) is 4.08. The van der Waals surface area contributed by atoms with Gasteiger partial charge >= 0.3 is 6.36 Å². The van der Waals surface area contributed by atoms with Gasteiger partial charge in [0.2, 0.25) is 10.0 Å². The number of halogens is 7. The van der Waals surface area contributed by atoms with Crippen molar-refractivity contribution in [1.29, 1.82) is 0 Å². The summed E-state index contributed by atoms with van der Waals surface area (Å²) in [5.41, 5.74) is -2.08. The summed E-state index contributed by atoms with van der Waals surface area (Å²) in [4.78, 5) is -1.04. The van der Waals surface area contributed by atoms with Gasteiger partial charge < -0.3 is 10.1 Å². The molecule has 3 N–H and O–H groups in total. The van der Waals surface area contributed by atoms with E-state index in [1.165, 1.54) is 12.1 Å². The van der Waals surface area contributed by atoms with Crippen LogP contribution >= 0.6 is 22.6 Å². The summed E-state index contributed by atoms with van der Waals surface area (Å²) in [6, 6.07) is 8.01. The molecule has 0 atom stereocenters. The van der Waals surface area contributed by atoms with Gasteiger partial charge in [0.05, 0.1) is 11.4 Å². The van der Waals surface area contributed by atoms with Crippen LogP contribution in [-0.2, 0) is 10.0 Å². The number of para-hydroxylation sites is 1. The molecule has 5 nitrogen and oxygen atoms in total. The van der Waals surface area contributed by atoms with Crippen molar-refractivity contribution in [2.45, 2.75) is 11.3 Å². The predicted octanol–water partition coefficient (Wildman–Crippen LogP) is 5.67. The molecule has 0 bridgehead atoms. The summed E-state index contributed by atoms with van der Waals surface area (Å²) in [5, 5.41) is 7.31. The van der Waals surface area contributed by atoms with Crippen LogP contribution in [-0.4, -0.2) is 14.8 Å².